The van der Waals surface area contributed by atoms with Crippen LogP contribution < -0.4 is 5.73 Å². The Morgan fingerprint density at radius 3 is 2.86 bits per heavy atom. The molecule has 0 saturated carbocycles. The van der Waals surface area contributed by atoms with Gasteiger partial charge in [0.25, 0.3) is 0 Å². The first-order chi connectivity index (χ1) is 6.83. The largest absolute Gasteiger partial charge is 0.324 e. The summed E-state index contributed by atoms with van der Waals surface area (Å²) in [6.07, 6.45) is 4.69. The smallest absolute Gasteiger partial charge is 0.0346 e. The van der Waals surface area contributed by atoms with Crippen LogP contribution in [0.5, 0.6) is 0 Å². The lowest BCUT2D eigenvalue weighted by molar-refractivity contribution is 0.701. The van der Waals surface area contributed by atoms with Gasteiger partial charge >= 0.3 is 0 Å². The minimum atomic E-state index is 0.0913. The van der Waals surface area contributed by atoms with Crippen LogP contribution in [0.2, 0.25) is 0 Å². The predicted octanol–water partition coefficient (Wildman–Crippen LogP) is 2.64. The van der Waals surface area contributed by atoms with Crippen LogP contribution >= 0.6 is 0 Å². The molecule has 1 heterocycles. The van der Waals surface area contributed by atoms with E-state index in [2.05, 4.69) is 24.0 Å². The van der Waals surface area contributed by atoms with Crippen LogP contribution in [-0.2, 0) is 0 Å². The third-order valence-electron chi connectivity index (χ3n) is 2.54. The SMILES string of the molecule is CC[C@@H](N)c1cncc2ccccc12. The molecule has 72 valence electrons. The molecule has 2 N–H and O–H groups in total. The number of hydrogen-bond donors (Lipinski definition) is 1. The number of rotatable bonds is 2. The van der Waals surface area contributed by atoms with Crippen LogP contribution in [0, 0.1) is 0 Å². The number of nitrogens with two attached hydrogens (primary N) is 1. The highest BCUT2D eigenvalue weighted by atomic mass is 14.7. The Balaban J connectivity index is 2.65. The molecule has 0 aliphatic carbocycles. The molecule has 1 aromatic heterocycles. The highest BCUT2D eigenvalue weighted by molar-refractivity contribution is 5.84. The highest BCUT2D eigenvalue weighted by Gasteiger charge is 2.07. The molecule has 2 rings (SSSR count). The maximum absolute atomic E-state index is 6.02. The van der Waals surface area contributed by atoms with E-state index in [-0.39, 0.29) is 6.04 Å². The Labute approximate surface area is 83.8 Å². The van der Waals surface area contributed by atoms with E-state index < -0.39 is 0 Å². The first-order valence-corrected chi connectivity index (χ1v) is 4.91. The van der Waals surface area contributed by atoms with Crippen molar-refractivity contribution in [1.29, 1.82) is 0 Å². The summed E-state index contributed by atoms with van der Waals surface area (Å²) in [5.74, 6) is 0. The first-order valence-electron chi connectivity index (χ1n) is 4.91. The van der Waals surface area contributed by atoms with Gasteiger partial charge in [-0.1, -0.05) is 31.2 Å². The molecule has 0 spiro atoms. The van der Waals surface area contributed by atoms with Crippen molar-refractivity contribution >= 4 is 10.8 Å². The van der Waals surface area contributed by atoms with Gasteiger partial charge in [-0.25, -0.2) is 0 Å². The molecular formula is C12H14N2. The van der Waals surface area contributed by atoms with Crippen molar-refractivity contribution in [1.82, 2.24) is 4.98 Å². The van der Waals surface area contributed by atoms with E-state index in [1.807, 2.05) is 24.5 Å². The zero-order valence-corrected chi connectivity index (χ0v) is 8.27. The first kappa shape index (κ1) is 9.16. The average molecular weight is 186 g/mol. The zero-order valence-electron chi connectivity index (χ0n) is 8.27. The molecule has 1 atom stereocenters. The van der Waals surface area contributed by atoms with Gasteiger partial charge in [0.1, 0.15) is 0 Å². The van der Waals surface area contributed by atoms with E-state index in [9.17, 15) is 0 Å². The topological polar surface area (TPSA) is 38.9 Å². The summed E-state index contributed by atoms with van der Waals surface area (Å²) in [6, 6.07) is 8.31. The van der Waals surface area contributed by atoms with Crippen molar-refractivity contribution in [2.24, 2.45) is 5.73 Å². The number of nitrogens with zero attached hydrogens (tertiary/aromatic N) is 1. The Morgan fingerprint density at radius 2 is 2.07 bits per heavy atom. The van der Waals surface area contributed by atoms with E-state index in [0.717, 1.165) is 17.4 Å². The summed E-state index contributed by atoms with van der Waals surface area (Å²) < 4.78 is 0. The summed E-state index contributed by atoms with van der Waals surface area (Å²) in [5, 5.41) is 2.38. The minimum Gasteiger partial charge on any atom is -0.324 e. The third kappa shape index (κ3) is 1.49. The van der Waals surface area contributed by atoms with E-state index >= 15 is 0 Å². The number of benzene rings is 1. The van der Waals surface area contributed by atoms with E-state index in [1.165, 1.54) is 5.39 Å². The molecule has 2 aromatic rings. The number of hydrogen-bond acceptors (Lipinski definition) is 2. The molecule has 2 heteroatoms. The Bertz CT molecular complexity index is 432. The fourth-order valence-corrected chi connectivity index (χ4v) is 1.66. The van der Waals surface area contributed by atoms with Crippen LogP contribution in [-0.4, -0.2) is 4.98 Å². The van der Waals surface area contributed by atoms with Crippen molar-refractivity contribution in [3.05, 3.63) is 42.2 Å². The van der Waals surface area contributed by atoms with Gasteiger partial charge < -0.3 is 5.73 Å². The second-order valence-electron chi connectivity index (χ2n) is 3.46. The maximum atomic E-state index is 6.02. The summed E-state index contributed by atoms with van der Waals surface area (Å²) in [7, 11) is 0. The Hall–Kier alpha value is -1.41. The highest BCUT2D eigenvalue weighted by Crippen LogP contribution is 2.22. The Morgan fingerprint density at radius 1 is 1.29 bits per heavy atom. The number of pyridine rings is 1. The fourth-order valence-electron chi connectivity index (χ4n) is 1.66. The minimum absolute atomic E-state index is 0.0913. The summed E-state index contributed by atoms with van der Waals surface area (Å²) in [4.78, 5) is 4.20. The predicted molar refractivity (Wildman–Crippen MR) is 59.0 cm³/mol. The van der Waals surface area contributed by atoms with E-state index in [0.29, 0.717) is 0 Å². The summed E-state index contributed by atoms with van der Waals surface area (Å²) in [6.45, 7) is 2.09. The molecule has 0 unspecified atom stereocenters. The van der Waals surface area contributed by atoms with Gasteiger partial charge in [-0.2, -0.15) is 0 Å². The van der Waals surface area contributed by atoms with Crippen LogP contribution in [0.4, 0.5) is 0 Å². The molecule has 14 heavy (non-hydrogen) atoms. The summed E-state index contributed by atoms with van der Waals surface area (Å²) in [5.41, 5.74) is 7.16. The van der Waals surface area contributed by atoms with Gasteiger partial charge in [0, 0.05) is 23.8 Å². The lowest BCUT2D eigenvalue weighted by Crippen LogP contribution is -2.09. The van der Waals surface area contributed by atoms with Crippen LogP contribution in [0.3, 0.4) is 0 Å². The van der Waals surface area contributed by atoms with E-state index in [4.69, 9.17) is 5.73 Å². The molecule has 0 saturated heterocycles. The normalized spacial score (nSPS) is 13.0. The molecule has 0 amide bonds. The van der Waals surface area contributed by atoms with Gasteiger partial charge in [-0.05, 0) is 17.4 Å². The van der Waals surface area contributed by atoms with Crippen molar-refractivity contribution in [3.8, 4) is 0 Å². The van der Waals surface area contributed by atoms with Crippen LogP contribution in [0.25, 0.3) is 10.8 Å². The Kier molecular flexibility index (Phi) is 2.46. The average Bonchev–Trinajstić information content (AvgIpc) is 2.27. The number of aromatic nitrogens is 1. The number of fused-ring (bicyclic) bond motifs is 1. The summed E-state index contributed by atoms with van der Waals surface area (Å²) >= 11 is 0. The zero-order chi connectivity index (χ0) is 9.97. The van der Waals surface area contributed by atoms with Gasteiger partial charge in [-0.3, -0.25) is 4.98 Å². The molecule has 0 radical (unpaired) electrons. The van der Waals surface area contributed by atoms with Gasteiger partial charge in [0.05, 0.1) is 0 Å². The van der Waals surface area contributed by atoms with E-state index in [1.54, 1.807) is 0 Å². The lowest BCUT2D eigenvalue weighted by Gasteiger charge is -2.11. The fraction of sp³-hybridized carbons (Fsp3) is 0.250. The molecule has 2 nitrogen and oxygen atoms in total. The van der Waals surface area contributed by atoms with Crippen LogP contribution in [0.1, 0.15) is 24.9 Å². The van der Waals surface area contributed by atoms with Gasteiger partial charge in [0.15, 0.2) is 0 Å². The molecule has 0 aliphatic rings. The van der Waals surface area contributed by atoms with Crippen molar-refractivity contribution in [2.45, 2.75) is 19.4 Å². The lowest BCUT2D eigenvalue weighted by atomic mass is 10.0. The van der Waals surface area contributed by atoms with Gasteiger partial charge in [0.2, 0.25) is 0 Å². The third-order valence-corrected chi connectivity index (χ3v) is 2.54. The van der Waals surface area contributed by atoms with Crippen LogP contribution in [0.15, 0.2) is 36.7 Å². The maximum Gasteiger partial charge on any atom is 0.0346 e. The molecule has 0 aliphatic heterocycles. The molecule has 0 fully saturated rings. The monoisotopic (exact) mass is 186 g/mol. The van der Waals surface area contributed by atoms with Crippen molar-refractivity contribution in [2.75, 3.05) is 0 Å². The van der Waals surface area contributed by atoms with Crippen molar-refractivity contribution in [3.63, 3.8) is 0 Å². The second kappa shape index (κ2) is 3.76. The standard InChI is InChI=1S/C12H14N2/c1-2-12(13)11-8-14-7-9-5-3-4-6-10(9)11/h3-8,12H,2,13H2,1H3/t12-/m1/s1. The van der Waals surface area contributed by atoms with Crippen molar-refractivity contribution < 1.29 is 0 Å². The molecule has 0 bridgehead atoms. The van der Waals surface area contributed by atoms with Gasteiger partial charge in [-0.15, -0.1) is 0 Å². The molecule has 1 aromatic carbocycles. The molecular weight excluding hydrogens is 172 g/mol. The quantitative estimate of drug-likeness (QED) is 0.783. The second-order valence-corrected chi connectivity index (χ2v) is 3.46.